The van der Waals surface area contributed by atoms with Crippen LogP contribution in [0, 0.1) is 6.54 Å². The van der Waals surface area contributed by atoms with Crippen molar-refractivity contribution in [3.8, 4) is 0 Å². The van der Waals surface area contributed by atoms with Crippen LogP contribution in [0.5, 0.6) is 0 Å². The lowest BCUT2D eigenvalue weighted by atomic mass is 10.1. The van der Waals surface area contributed by atoms with E-state index in [1.807, 2.05) is 36.2 Å². The van der Waals surface area contributed by atoms with Gasteiger partial charge in [0.1, 0.15) is 0 Å². The summed E-state index contributed by atoms with van der Waals surface area (Å²) in [6, 6.07) is 10.3. The Morgan fingerprint density at radius 1 is 1.31 bits per heavy atom. The molecule has 0 amide bonds. The Morgan fingerprint density at radius 3 is 2.69 bits per heavy atom. The molecule has 1 aliphatic rings. The third kappa shape index (κ3) is 1.90. The fourth-order valence-electron chi connectivity index (χ4n) is 1.28. The van der Waals surface area contributed by atoms with Gasteiger partial charge in [-0.15, -0.1) is 0 Å². The fourth-order valence-corrected chi connectivity index (χ4v) is 1.28. The summed E-state index contributed by atoms with van der Waals surface area (Å²) in [6.45, 7) is 3.96. The summed E-state index contributed by atoms with van der Waals surface area (Å²) in [4.78, 5) is 1.98. The standard InChI is InChI=1S/C11H12N2/c1-13-8-7-11(12-9-13)10-5-3-2-4-6-10/h2-7,12H,9H2,1H3. The van der Waals surface area contributed by atoms with Gasteiger partial charge in [-0.1, -0.05) is 30.3 Å². The van der Waals surface area contributed by atoms with Gasteiger partial charge < -0.3 is 5.32 Å². The second-order valence-electron chi connectivity index (χ2n) is 3.09. The molecule has 2 radical (unpaired) electrons. The summed E-state index contributed by atoms with van der Waals surface area (Å²) in [7, 11) is 1.99. The van der Waals surface area contributed by atoms with Gasteiger partial charge >= 0.3 is 0 Å². The molecule has 1 N–H and O–H groups in total. The number of benzene rings is 1. The van der Waals surface area contributed by atoms with Crippen molar-refractivity contribution in [1.82, 2.24) is 10.2 Å². The van der Waals surface area contributed by atoms with Gasteiger partial charge in [-0.2, -0.15) is 0 Å². The second kappa shape index (κ2) is 3.62. The molecule has 0 aromatic heterocycles. The Kier molecular flexibility index (Phi) is 2.32. The molecule has 0 unspecified atom stereocenters. The Balaban J connectivity index is 2.19. The summed E-state index contributed by atoms with van der Waals surface area (Å²) >= 11 is 0. The minimum Gasteiger partial charge on any atom is -0.372 e. The van der Waals surface area contributed by atoms with Crippen molar-refractivity contribution in [3.63, 3.8) is 0 Å². The molecule has 1 aliphatic heterocycles. The molecule has 0 spiro atoms. The molecule has 1 heterocycles. The summed E-state index contributed by atoms with van der Waals surface area (Å²) in [5, 5.41) is 3.31. The van der Waals surface area contributed by atoms with E-state index in [9.17, 15) is 0 Å². The van der Waals surface area contributed by atoms with Crippen LogP contribution in [-0.2, 0) is 0 Å². The molecule has 2 heteroatoms. The van der Waals surface area contributed by atoms with E-state index in [2.05, 4.69) is 24.0 Å². The molecule has 0 saturated carbocycles. The number of rotatable bonds is 1. The molecule has 0 aliphatic carbocycles. The van der Waals surface area contributed by atoms with E-state index in [0.29, 0.717) is 0 Å². The zero-order valence-corrected chi connectivity index (χ0v) is 7.62. The fraction of sp³-hybridized carbons (Fsp3) is 0.182. The molecule has 1 aromatic rings. The predicted molar refractivity (Wildman–Crippen MR) is 53.4 cm³/mol. The minimum absolute atomic E-state index is 0.820. The summed E-state index contributed by atoms with van der Waals surface area (Å²) in [6.07, 6.45) is 1.97. The van der Waals surface area contributed by atoms with Crippen molar-refractivity contribution >= 4 is 5.70 Å². The van der Waals surface area contributed by atoms with Gasteiger partial charge in [0.25, 0.3) is 0 Å². The average molecular weight is 172 g/mol. The average Bonchev–Trinajstić information content (AvgIpc) is 2.20. The number of hydrogen-bond acceptors (Lipinski definition) is 2. The molecule has 0 atom stereocenters. The molecule has 2 rings (SSSR count). The van der Waals surface area contributed by atoms with Crippen molar-refractivity contribution in [2.75, 3.05) is 13.7 Å². The summed E-state index contributed by atoms with van der Waals surface area (Å²) < 4.78 is 0. The van der Waals surface area contributed by atoms with Crippen LogP contribution in [0.3, 0.4) is 0 Å². The Hall–Kier alpha value is -1.28. The van der Waals surface area contributed by atoms with E-state index in [4.69, 9.17) is 0 Å². The third-order valence-corrected chi connectivity index (χ3v) is 2.02. The van der Waals surface area contributed by atoms with Gasteiger partial charge in [-0.05, 0) is 18.7 Å². The predicted octanol–water partition coefficient (Wildman–Crippen LogP) is 1.56. The van der Waals surface area contributed by atoms with Crippen molar-refractivity contribution in [3.05, 3.63) is 48.5 Å². The van der Waals surface area contributed by atoms with E-state index < -0.39 is 0 Å². The van der Waals surface area contributed by atoms with Crippen LogP contribution >= 0.6 is 0 Å². The van der Waals surface area contributed by atoms with Gasteiger partial charge in [0.2, 0.25) is 0 Å². The SMILES string of the molecule is CN1[C]C=C(c2ccccc2)NC1. The van der Waals surface area contributed by atoms with Crippen LogP contribution in [-0.4, -0.2) is 18.6 Å². The quantitative estimate of drug-likeness (QED) is 0.691. The van der Waals surface area contributed by atoms with Crippen molar-refractivity contribution < 1.29 is 0 Å². The van der Waals surface area contributed by atoms with Crippen LogP contribution in [0.15, 0.2) is 36.4 Å². The topological polar surface area (TPSA) is 15.3 Å². The van der Waals surface area contributed by atoms with Gasteiger partial charge in [0, 0.05) is 5.70 Å². The van der Waals surface area contributed by atoms with E-state index >= 15 is 0 Å². The lowest BCUT2D eigenvalue weighted by Crippen LogP contribution is -2.31. The van der Waals surface area contributed by atoms with Crippen molar-refractivity contribution in [2.24, 2.45) is 0 Å². The Labute approximate surface area is 78.9 Å². The van der Waals surface area contributed by atoms with Crippen LogP contribution in [0.4, 0.5) is 0 Å². The van der Waals surface area contributed by atoms with Crippen LogP contribution in [0.2, 0.25) is 0 Å². The molecule has 13 heavy (non-hydrogen) atoms. The molecule has 0 saturated heterocycles. The second-order valence-corrected chi connectivity index (χ2v) is 3.09. The largest absolute Gasteiger partial charge is 0.372 e. The maximum Gasteiger partial charge on any atom is 0.0917 e. The maximum absolute atomic E-state index is 3.31. The zero-order valence-electron chi connectivity index (χ0n) is 7.62. The molecule has 2 nitrogen and oxygen atoms in total. The minimum atomic E-state index is 0.820. The number of nitrogens with zero attached hydrogens (tertiary/aromatic N) is 1. The monoisotopic (exact) mass is 172 g/mol. The van der Waals surface area contributed by atoms with Crippen molar-refractivity contribution in [2.45, 2.75) is 0 Å². The normalized spacial score (nSPS) is 17.8. The van der Waals surface area contributed by atoms with Gasteiger partial charge in [-0.3, -0.25) is 4.90 Å². The maximum atomic E-state index is 3.31. The van der Waals surface area contributed by atoms with Crippen LogP contribution < -0.4 is 5.32 Å². The molecule has 0 fully saturated rings. The van der Waals surface area contributed by atoms with E-state index in [0.717, 1.165) is 12.4 Å². The van der Waals surface area contributed by atoms with Crippen LogP contribution in [0.1, 0.15) is 5.56 Å². The highest BCUT2D eigenvalue weighted by atomic mass is 15.2. The highest BCUT2D eigenvalue weighted by Crippen LogP contribution is 2.14. The molecular weight excluding hydrogens is 160 g/mol. The lowest BCUT2D eigenvalue weighted by molar-refractivity contribution is 0.399. The number of nitrogens with one attached hydrogen (secondary N) is 1. The Morgan fingerprint density at radius 2 is 2.08 bits per heavy atom. The Bertz CT molecular complexity index is 303. The highest BCUT2D eigenvalue weighted by molar-refractivity contribution is 5.65. The molecule has 0 bridgehead atoms. The van der Waals surface area contributed by atoms with E-state index in [1.54, 1.807) is 0 Å². The summed E-state index contributed by atoms with van der Waals surface area (Å²) in [5.74, 6) is 0. The summed E-state index contributed by atoms with van der Waals surface area (Å²) in [5.41, 5.74) is 2.35. The number of hydrogen-bond donors (Lipinski definition) is 1. The van der Waals surface area contributed by atoms with Crippen molar-refractivity contribution in [1.29, 1.82) is 0 Å². The van der Waals surface area contributed by atoms with E-state index in [1.165, 1.54) is 5.56 Å². The van der Waals surface area contributed by atoms with Gasteiger partial charge in [0.15, 0.2) is 0 Å². The first-order valence-corrected chi connectivity index (χ1v) is 4.33. The first kappa shape index (κ1) is 8.32. The molecule has 66 valence electrons. The van der Waals surface area contributed by atoms with E-state index in [-0.39, 0.29) is 0 Å². The van der Waals surface area contributed by atoms with Crippen LogP contribution in [0.25, 0.3) is 5.70 Å². The van der Waals surface area contributed by atoms with Gasteiger partial charge in [0.05, 0.1) is 13.2 Å². The van der Waals surface area contributed by atoms with Gasteiger partial charge in [-0.25, -0.2) is 0 Å². The first-order valence-electron chi connectivity index (χ1n) is 4.33. The smallest absolute Gasteiger partial charge is 0.0917 e. The third-order valence-electron chi connectivity index (χ3n) is 2.02. The zero-order chi connectivity index (χ0) is 9.10. The number of likely N-dealkylation sites (N-methyl/N-ethyl adjacent to an activating group) is 1. The molecule has 1 aromatic carbocycles. The first-order chi connectivity index (χ1) is 6.36. The lowest BCUT2D eigenvalue weighted by Gasteiger charge is -2.22. The molecular formula is C11H12N2. The highest BCUT2D eigenvalue weighted by Gasteiger charge is 2.07.